The van der Waals surface area contributed by atoms with Crippen molar-refractivity contribution in [2.24, 2.45) is 0 Å². The predicted molar refractivity (Wildman–Crippen MR) is 135 cm³/mol. The number of hydrogen-bond acceptors (Lipinski definition) is 4. The number of methoxy groups -OCH3 is 1. The number of aromatic nitrogens is 2. The van der Waals surface area contributed by atoms with Crippen molar-refractivity contribution in [3.63, 3.8) is 0 Å². The van der Waals surface area contributed by atoms with Crippen LogP contribution in [0.2, 0.25) is 5.02 Å². The summed E-state index contributed by atoms with van der Waals surface area (Å²) in [5, 5.41) is 3.80. The lowest BCUT2D eigenvalue weighted by molar-refractivity contribution is 0.0934. The zero-order valence-electron chi connectivity index (χ0n) is 19.5. The van der Waals surface area contributed by atoms with E-state index >= 15 is 0 Å². The molecule has 1 N–H and O–H groups in total. The number of carbonyl (C=O) groups is 1. The molecule has 1 amide bonds. The van der Waals surface area contributed by atoms with Crippen molar-refractivity contribution < 1.29 is 14.3 Å². The molecule has 0 saturated carbocycles. The molecule has 0 fully saturated rings. The van der Waals surface area contributed by atoms with E-state index in [1.807, 2.05) is 68.4 Å². The third-order valence-corrected chi connectivity index (χ3v) is 6.12. The van der Waals surface area contributed by atoms with Crippen LogP contribution in [0.4, 0.5) is 0 Å². The molecule has 0 radical (unpaired) electrons. The number of imidazole rings is 1. The van der Waals surface area contributed by atoms with Gasteiger partial charge in [-0.2, -0.15) is 0 Å². The van der Waals surface area contributed by atoms with E-state index in [-0.39, 0.29) is 11.9 Å². The number of para-hydroxylation sites is 3. The Kier molecular flexibility index (Phi) is 7.38. The molecular weight excluding hydrogens is 450 g/mol. The summed E-state index contributed by atoms with van der Waals surface area (Å²) < 4.78 is 13.4. The minimum atomic E-state index is -0.301. The monoisotopic (exact) mass is 477 g/mol. The Hall–Kier alpha value is -3.51. The Morgan fingerprint density at radius 1 is 1.12 bits per heavy atom. The van der Waals surface area contributed by atoms with E-state index in [0.29, 0.717) is 24.5 Å². The van der Waals surface area contributed by atoms with E-state index in [1.165, 1.54) is 0 Å². The van der Waals surface area contributed by atoms with Gasteiger partial charge in [-0.3, -0.25) is 4.79 Å². The van der Waals surface area contributed by atoms with Crippen LogP contribution in [-0.2, 0) is 6.54 Å². The number of aryl methyl sites for hydroxylation is 2. The molecule has 0 spiro atoms. The first kappa shape index (κ1) is 23.6. The summed E-state index contributed by atoms with van der Waals surface area (Å²) in [5.41, 5.74) is 3.40. The average molecular weight is 478 g/mol. The third kappa shape index (κ3) is 5.18. The largest absolute Gasteiger partial charge is 0.496 e. The van der Waals surface area contributed by atoms with E-state index in [4.69, 9.17) is 26.1 Å². The normalized spacial score (nSPS) is 11.9. The summed E-state index contributed by atoms with van der Waals surface area (Å²) in [6.07, 6.45) is 0.780. The number of nitrogens with one attached hydrogen (secondary N) is 1. The molecule has 0 aliphatic carbocycles. The predicted octanol–water partition coefficient (Wildman–Crippen LogP) is 5.97. The Balaban J connectivity index is 1.49. The van der Waals surface area contributed by atoms with Crippen LogP contribution in [0.3, 0.4) is 0 Å². The van der Waals surface area contributed by atoms with Crippen LogP contribution in [-0.4, -0.2) is 29.2 Å². The molecule has 1 atom stereocenters. The molecular formula is C27H28ClN3O3. The van der Waals surface area contributed by atoms with Crippen LogP contribution in [0.15, 0.2) is 66.7 Å². The molecule has 0 saturated heterocycles. The highest BCUT2D eigenvalue weighted by atomic mass is 35.5. The van der Waals surface area contributed by atoms with Gasteiger partial charge in [-0.1, -0.05) is 35.9 Å². The summed E-state index contributed by atoms with van der Waals surface area (Å²) in [4.78, 5) is 17.8. The van der Waals surface area contributed by atoms with Gasteiger partial charge in [0.25, 0.3) is 5.91 Å². The van der Waals surface area contributed by atoms with Gasteiger partial charge in [0.05, 0.1) is 36.4 Å². The second-order valence-corrected chi connectivity index (χ2v) is 8.53. The summed E-state index contributed by atoms with van der Waals surface area (Å²) in [6, 6.07) is 20.5. The molecule has 6 nitrogen and oxygen atoms in total. The quantitative estimate of drug-likeness (QED) is 0.302. The minimum absolute atomic E-state index is 0.204. The SMILES string of the molecule is COc1ccccc1C(=O)NC(C)c1nc2ccccc2n1CCCOc1ccc(Cl)c(C)c1. The van der Waals surface area contributed by atoms with Crippen LogP contribution in [0.25, 0.3) is 11.0 Å². The van der Waals surface area contributed by atoms with Crippen molar-refractivity contribution in [1.82, 2.24) is 14.9 Å². The molecule has 4 rings (SSSR count). The molecule has 0 bridgehead atoms. The third-order valence-electron chi connectivity index (χ3n) is 5.69. The highest BCUT2D eigenvalue weighted by Gasteiger charge is 2.20. The van der Waals surface area contributed by atoms with Crippen molar-refractivity contribution in [3.05, 3.63) is 88.7 Å². The van der Waals surface area contributed by atoms with Gasteiger partial charge in [0.15, 0.2) is 0 Å². The Morgan fingerprint density at radius 3 is 2.68 bits per heavy atom. The first-order chi connectivity index (χ1) is 16.5. The van der Waals surface area contributed by atoms with Crippen LogP contribution >= 0.6 is 11.6 Å². The number of ether oxygens (including phenoxy) is 2. The maximum Gasteiger partial charge on any atom is 0.255 e. The highest BCUT2D eigenvalue weighted by Crippen LogP contribution is 2.24. The first-order valence-electron chi connectivity index (χ1n) is 11.3. The van der Waals surface area contributed by atoms with Gasteiger partial charge in [0.2, 0.25) is 0 Å². The zero-order valence-corrected chi connectivity index (χ0v) is 20.3. The fraction of sp³-hybridized carbons (Fsp3) is 0.259. The standard InChI is InChI=1S/C27H28ClN3O3/c1-18-17-20(13-14-22(18)28)34-16-8-15-31-24-11-6-5-10-23(24)30-26(31)19(2)29-27(32)21-9-4-7-12-25(21)33-3/h4-7,9-14,17,19H,8,15-16H2,1-3H3,(H,29,32). The number of carbonyl (C=O) groups excluding carboxylic acids is 1. The number of nitrogens with zero attached hydrogens (tertiary/aromatic N) is 2. The smallest absolute Gasteiger partial charge is 0.255 e. The summed E-state index contributed by atoms with van der Waals surface area (Å²) in [7, 11) is 1.56. The molecule has 1 heterocycles. The van der Waals surface area contributed by atoms with Gasteiger partial charge in [0, 0.05) is 11.6 Å². The number of fused-ring (bicyclic) bond motifs is 1. The lowest BCUT2D eigenvalue weighted by Gasteiger charge is -2.17. The van der Waals surface area contributed by atoms with E-state index in [2.05, 4.69) is 9.88 Å². The summed E-state index contributed by atoms with van der Waals surface area (Å²) in [6.45, 7) is 5.16. The van der Waals surface area contributed by atoms with Gasteiger partial charge < -0.3 is 19.4 Å². The fourth-order valence-electron chi connectivity index (χ4n) is 3.95. The van der Waals surface area contributed by atoms with Crippen molar-refractivity contribution in [2.45, 2.75) is 32.9 Å². The molecule has 1 aromatic heterocycles. The van der Waals surface area contributed by atoms with Gasteiger partial charge in [0.1, 0.15) is 17.3 Å². The molecule has 0 aliphatic rings. The first-order valence-corrected chi connectivity index (χ1v) is 11.6. The molecule has 0 aliphatic heterocycles. The zero-order chi connectivity index (χ0) is 24.1. The molecule has 1 unspecified atom stereocenters. The number of benzene rings is 3. The second kappa shape index (κ2) is 10.6. The van der Waals surface area contributed by atoms with Crippen molar-refractivity contribution >= 4 is 28.5 Å². The Labute approximate surface area is 204 Å². The molecule has 34 heavy (non-hydrogen) atoms. The number of amides is 1. The fourth-order valence-corrected chi connectivity index (χ4v) is 4.07. The van der Waals surface area contributed by atoms with Crippen molar-refractivity contribution in [3.8, 4) is 11.5 Å². The lowest BCUT2D eigenvalue weighted by Crippen LogP contribution is -2.29. The average Bonchev–Trinajstić information content (AvgIpc) is 3.22. The summed E-state index contributed by atoms with van der Waals surface area (Å²) in [5.74, 6) is 1.93. The van der Waals surface area contributed by atoms with Crippen molar-refractivity contribution in [2.75, 3.05) is 13.7 Å². The van der Waals surface area contributed by atoms with Crippen LogP contribution in [0, 0.1) is 6.92 Å². The lowest BCUT2D eigenvalue weighted by atomic mass is 10.1. The molecule has 176 valence electrons. The van der Waals surface area contributed by atoms with E-state index in [0.717, 1.165) is 39.6 Å². The molecule has 4 aromatic rings. The number of halogens is 1. The van der Waals surface area contributed by atoms with E-state index < -0.39 is 0 Å². The Morgan fingerprint density at radius 2 is 1.88 bits per heavy atom. The van der Waals surface area contributed by atoms with Crippen LogP contribution in [0.5, 0.6) is 11.5 Å². The van der Waals surface area contributed by atoms with Gasteiger partial charge in [-0.15, -0.1) is 0 Å². The van der Waals surface area contributed by atoms with Gasteiger partial charge in [-0.25, -0.2) is 4.98 Å². The van der Waals surface area contributed by atoms with Gasteiger partial charge in [-0.05, 0) is 68.3 Å². The Bertz CT molecular complexity index is 1300. The van der Waals surface area contributed by atoms with Crippen LogP contribution in [0.1, 0.15) is 41.1 Å². The number of hydrogen-bond donors (Lipinski definition) is 1. The molecule has 7 heteroatoms. The minimum Gasteiger partial charge on any atom is -0.496 e. The van der Waals surface area contributed by atoms with Gasteiger partial charge >= 0.3 is 0 Å². The molecule has 3 aromatic carbocycles. The summed E-state index contributed by atoms with van der Waals surface area (Å²) >= 11 is 6.10. The maximum absolute atomic E-state index is 12.9. The second-order valence-electron chi connectivity index (χ2n) is 8.12. The van der Waals surface area contributed by atoms with E-state index in [9.17, 15) is 4.79 Å². The van der Waals surface area contributed by atoms with Crippen LogP contribution < -0.4 is 14.8 Å². The highest BCUT2D eigenvalue weighted by molar-refractivity contribution is 6.31. The maximum atomic E-state index is 12.9. The van der Waals surface area contributed by atoms with Crippen molar-refractivity contribution in [1.29, 1.82) is 0 Å². The van der Waals surface area contributed by atoms with E-state index in [1.54, 1.807) is 19.2 Å². The number of rotatable bonds is 9. The topological polar surface area (TPSA) is 65.4 Å².